The van der Waals surface area contributed by atoms with Crippen molar-refractivity contribution in [1.29, 1.82) is 0 Å². The third-order valence-electron chi connectivity index (χ3n) is 0.471. The Morgan fingerprint density at radius 3 is 1.44 bits per heavy atom. The van der Waals surface area contributed by atoms with Crippen LogP contribution in [0.25, 0.3) is 0 Å². The minimum Gasteiger partial charge on any atom is -0.394 e. The third-order valence-corrected chi connectivity index (χ3v) is 0.471. The van der Waals surface area contributed by atoms with E-state index in [-0.39, 0.29) is 13.2 Å². The predicted octanol–water partition coefficient (Wildman–Crippen LogP) is -0.995. The fourth-order valence-corrected chi connectivity index (χ4v) is 0.231. The van der Waals surface area contributed by atoms with Crippen molar-refractivity contribution in [3.63, 3.8) is 0 Å². The molecule has 5 heteroatoms. The number of aliphatic hydroxyl groups excluding tert-OH is 2. The van der Waals surface area contributed by atoms with Gasteiger partial charge in [-0.2, -0.15) is 0 Å². The van der Waals surface area contributed by atoms with Crippen molar-refractivity contribution in [2.45, 2.75) is 0 Å². The molecule has 0 aliphatic carbocycles. The molecule has 0 spiro atoms. The fraction of sp³-hybridized carbons (Fsp3) is 1.00. The summed E-state index contributed by atoms with van der Waals surface area (Å²) < 4.78 is 4.63. The molecule has 0 rings (SSSR count). The van der Waals surface area contributed by atoms with Gasteiger partial charge in [0.25, 0.3) is 0 Å². The smallest absolute Gasteiger partial charge is 0.0698 e. The molecule has 0 amide bonds. The Balaban J connectivity index is 0. The van der Waals surface area contributed by atoms with Gasteiger partial charge in [-0.05, 0) is 0 Å². The molecule has 0 fully saturated rings. The Hall–Kier alpha value is -0.200. The first-order valence-corrected chi connectivity index (χ1v) is 2.41. The van der Waals surface area contributed by atoms with E-state index in [1.54, 1.807) is 0 Å². The van der Waals surface area contributed by atoms with Gasteiger partial charge < -0.3 is 14.9 Å². The van der Waals surface area contributed by atoms with Gasteiger partial charge in [0.15, 0.2) is 0 Å². The second kappa shape index (κ2) is 15.7. The van der Waals surface area contributed by atoms with Gasteiger partial charge in [0, 0.05) is 0 Å². The number of hydrogen-bond donors (Lipinski definition) is 4. The highest BCUT2D eigenvalue weighted by molar-refractivity contribution is 4.24. The van der Waals surface area contributed by atoms with Crippen molar-refractivity contribution in [2.75, 3.05) is 26.4 Å². The Bertz CT molecular complexity index is 28.1. The molecular formula is C4H12O5. The van der Waals surface area contributed by atoms with Crippen LogP contribution in [0.15, 0.2) is 0 Å². The lowest BCUT2D eigenvalue weighted by Crippen LogP contribution is -2.03. The van der Waals surface area contributed by atoms with Crippen LogP contribution in [-0.4, -0.2) is 47.2 Å². The van der Waals surface area contributed by atoms with E-state index < -0.39 is 0 Å². The van der Waals surface area contributed by atoms with Gasteiger partial charge in [-0.1, -0.05) is 0 Å². The van der Waals surface area contributed by atoms with Crippen LogP contribution >= 0.6 is 0 Å². The van der Waals surface area contributed by atoms with E-state index in [4.69, 9.17) is 20.7 Å². The Morgan fingerprint density at radius 2 is 1.22 bits per heavy atom. The van der Waals surface area contributed by atoms with Crippen molar-refractivity contribution in [3.8, 4) is 0 Å². The zero-order valence-electron chi connectivity index (χ0n) is 5.03. The molecule has 0 aliphatic heterocycles. The lowest BCUT2D eigenvalue weighted by Gasteiger charge is -1.94. The van der Waals surface area contributed by atoms with Crippen molar-refractivity contribution >= 4 is 0 Å². The van der Waals surface area contributed by atoms with Crippen LogP contribution in [-0.2, 0) is 4.74 Å². The molecule has 5 nitrogen and oxygen atoms in total. The summed E-state index contributed by atoms with van der Waals surface area (Å²) in [5, 5.41) is 28.2. The molecule has 0 aromatic carbocycles. The van der Waals surface area contributed by atoms with Gasteiger partial charge in [0.05, 0.1) is 26.4 Å². The van der Waals surface area contributed by atoms with Crippen LogP contribution in [0.2, 0.25) is 0 Å². The maximum absolute atomic E-state index is 8.09. The quantitative estimate of drug-likeness (QED) is 0.228. The summed E-state index contributed by atoms with van der Waals surface area (Å²) in [5.41, 5.74) is 0. The molecule has 0 saturated heterocycles. The van der Waals surface area contributed by atoms with Gasteiger partial charge in [-0.15, -0.1) is 0 Å². The molecule has 0 bridgehead atoms. The maximum Gasteiger partial charge on any atom is 0.0698 e. The van der Waals surface area contributed by atoms with E-state index in [1.165, 1.54) is 0 Å². The molecule has 0 saturated carbocycles. The predicted molar refractivity (Wildman–Crippen MR) is 30.2 cm³/mol. The Labute approximate surface area is 53.1 Å². The van der Waals surface area contributed by atoms with Crippen LogP contribution in [0.5, 0.6) is 0 Å². The molecule has 0 heterocycles. The summed E-state index contributed by atoms with van der Waals surface area (Å²) in [7, 11) is 0. The van der Waals surface area contributed by atoms with Crippen LogP contribution in [0.4, 0.5) is 0 Å². The number of aliphatic hydroxyl groups is 2. The Morgan fingerprint density at radius 1 is 0.889 bits per heavy atom. The minimum atomic E-state index is 0.0278. The SMILES string of the molecule is OCCOCCO.OO. The normalized spacial score (nSPS) is 8.00. The largest absolute Gasteiger partial charge is 0.394 e. The van der Waals surface area contributed by atoms with Gasteiger partial charge in [-0.3, -0.25) is 10.5 Å². The van der Waals surface area contributed by atoms with Crippen LogP contribution < -0.4 is 0 Å². The molecule has 4 N–H and O–H groups in total. The summed E-state index contributed by atoms with van der Waals surface area (Å²) in [4.78, 5) is 0. The molecule has 0 aromatic heterocycles. The summed E-state index contributed by atoms with van der Waals surface area (Å²) in [5.74, 6) is 0. The van der Waals surface area contributed by atoms with Crippen LogP contribution in [0.3, 0.4) is 0 Å². The lowest BCUT2D eigenvalue weighted by molar-refractivity contribution is -0.176. The number of rotatable bonds is 4. The lowest BCUT2D eigenvalue weighted by atomic mass is 10.7. The second-order valence-corrected chi connectivity index (χ2v) is 1.06. The average molecular weight is 140 g/mol. The molecule has 0 radical (unpaired) electrons. The van der Waals surface area contributed by atoms with Gasteiger partial charge >= 0.3 is 0 Å². The van der Waals surface area contributed by atoms with E-state index in [0.717, 1.165) is 0 Å². The van der Waals surface area contributed by atoms with Gasteiger partial charge in [-0.25, -0.2) is 0 Å². The fourth-order valence-electron chi connectivity index (χ4n) is 0.231. The zero-order chi connectivity index (χ0) is 7.54. The standard InChI is InChI=1S/C4H10O3.H2O2/c5-1-3-7-4-2-6;1-2/h5-6H,1-4H2;1-2H. The van der Waals surface area contributed by atoms with E-state index in [0.29, 0.717) is 13.2 Å². The number of hydrogen-bond acceptors (Lipinski definition) is 5. The van der Waals surface area contributed by atoms with Crippen LogP contribution in [0.1, 0.15) is 0 Å². The third kappa shape index (κ3) is 18.2. The molecule has 0 unspecified atom stereocenters. The van der Waals surface area contributed by atoms with Gasteiger partial charge in [0.2, 0.25) is 0 Å². The Kier molecular flexibility index (Phi) is 20.1. The monoisotopic (exact) mass is 140 g/mol. The van der Waals surface area contributed by atoms with Crippen molar-refractivity contribution in [1.82, 2.24) is 0 Å². The highest BCUT2D eigenvalue weighted by atomic mass is 17.0. The van der Waals surface area contributed by atoms with Crippen molar-refractivity contribution in [3.05, 3.63) is 0 Å². The molecule has 58 valence electrons. The first-order valence-electron chi connectivity index (χ1n) is 2.41. The molecule has 9 heavy (non-hydrogen) atoms. The zero-order valence-corrected chi connectivity index (χ0v) is 5.03. The van der Waals surface area contributed by atoms with Crippen molar-refractivity contribution in [2.24, 2.45) is 0 Å². The molecule has 0 atom stereocenters. The first kappa shape index (κ1) is 11.6. The van der Waals surface area contributed by atoms with E-state index in [2.05, 4.69) is 4.74 Å². The molecule has 0 aromatic rings. The van der Waals surface area contributed by atoms with E-state index >= 15 is 0 Å². The van der Waals surface area contributed by atoms with E-state index in [9.17, 15) is 0 Å². The minimum absolute atomic E-state index is 0.0278. The molecule has 0 aliphatic rings. The van der Waals surface area contributed by atoms with Crippen molar-refractivity contribution < 1.29 is 25.5 Å². The summed E-state index contributed by atoms with van der Waals surface area (Å²) >= 11 is 0. The maximum atomic E-state index is 8.09. The van der Waals surface area contributed by atoms with Gasteiger partial charge in [0.1, 0.15) is 0 Å². The highest BCUT2D eigenvalue weighted by Crippen LogP contribution is 1.68. The van der Waals surface area contributed by atoms with E-state index in [1.807, 2.05) is 0 Å². The second-order valence-electron chi connectivity index (χ2n) is 1.06. The average Bonchev–Trinajstić information content (AvgIpc) is 1.94. The summed E-state index contributed by atoms with van der Waals surface area (Å²) in [6, 6.07) is 0. The highest BCUT2D eigenvalue weighted by Gasteiger charge is 1.79. The summed E-state index contributed by atoms with van der Waals surface area (Å²) in [6.45, 7) is 0.696. The number of ether oxygens (including phenoxy) is 1. The first-order chi connectivity index (χ1) is 4.41. The topological polar surface area (TPSA) is 90.2 Å². The van der Waals surface area contributed by atoms with Crippen LogP contribution in [0, 0.1) is 0 Å². The summed E-state index contributed by atoms with van der Waals surface area (Å²) in [6.07, 6.45) is 0. The molecular weight excluding hydrogens is 128 g/mol.